The van der Waals surface area contributed by atoms with Crippen LogP contribution in [0.3, 0.4) is 0 Å². The van der Waals surface area contributed by atoms with Crippen molar-refractivity contribution in [2.24, 2.45) is 0 Å². The second-order valence-corrected chi connectivity index (χ2v) is 8.59. The molecule has 0 saturated heterocycles. The van der Waals surface area contributed by atoms with E-state index in [9.17, 15) is 0 Å². The largest absolute Gasteiger partial charge is 0.356 e. The molecule has 0 aromatic carbocycles. The summed E-state index contributed by atoms with van der Waals surface area (Å²) in [5.74, 6) is 0. The molecule has 2 heteroatoms. The van der Waals surface area contributed by atoms with Crippen LogP contribution in [0.15, 0.2) is 12.4 Å². The first-order valence-corrected chi connectivity index (χ1v) is 12.5. The number of unbranched alkanes of at least 4 members (excludes halogenated alkanes) is 14. The van der Waals surface area contributed by atoms with E-state index in [1.165, 1.54) is 116 Å². The van der Waals surface area contributed by atoms with E-state index in [-0.39, 0.29) is 0 Å². The Morgan fingerprint density at radius 3 is 1.48 bits per heavy atom. The Morgan fingerprint density at radius 1 is 0.519 bits per heavy atom. The van der Waals surface area contributed by atoms with E-state index in [0.29, 0.717) is 6.17 Å². The van der Waals surface area contributed by atoms with E-state index in [1.807, 2.05) is 0 Å². The summed E-state index contributed by atoms with van der Waals surface area (Å²) in [7, 11) is 0. The molecule has 0 radical (unpaired) electrons. The van der Waals surface area contributed by atoms with E-state index in [0.717, 1.165) is 6.54 Å². The Morgan fingerprint density at radius 2 is 0.963 bits per heavy atom. The molecule has 0 aliphatic carbocycles. The van der Waals surface area contributed by atoms with Gasteiger partial charge in [-0.1, -0.05) is 104 Å². The van der Waals surface area contributed by atoms with Crippen LogP contribution in [0.5, 0.6) is 0 Å². The third kappa shape index (κ3) is 11.7. The van der Waals surface area contributed by atoms with Gasteiger partial charge in [0, 0.05) is 25.5 Å². The van der Waals surface area contributed by atoms with Gasteiger partial charge in [-0.3, -0.25) is 0 Å². The number of hydrogen-bond acceptors (Lipinski definition) is 2. The van der Waals surface area contributed by atoms with Crippen LogP contribution in [0, 0.1) is 0 Å². The van der Waals surface area contributed by atoms with Gasteiger partial charge >= 0.3 is 0 Å². The van der Waals surface area contributed by atoms with Crippen LogP contribution in [-0.4, -0.2) is 29.1 Å². The van der Waals surface area contributed by atoms with Crippen molar-refractivity contribution in [3.05, 3.63) is 12.4 Å². The van der Waals surface area contributed by atoms with Gasteiger partial charge in [0.1, 0.15) is 6.17 Å². The van der Waals surface area contributed by atoms with Gasteiger partial charge in [0.25, 0.3) is 0 Å². The zero-order valence-corrected chi connectivity index (χ0v) is 19.1. The standard InChI is InChI=1S/C25H50N2/c1-4-7-9-11-12-13-14-15-16-17-18-20-22-27-24-23-26(6-3)25(27)21-19-10-8-5-2/h23-25H,4-22H2,1-3H3. The molecule has 0 aromatic rings. The van der Waals surface area contributed by atoms with Crippen LogP contribution in [0.25, 0.3) is 0 Å². The lowest BCUT2D eigenvalue weighted by molar-refractivity contribution is 0.142. The zero-order chi connectivity index (χ0) is 19.6. The van der Waals surface area contributed by atoms with Gasteiger partial charge in [-0.05, 0) is 26.2 Å². The van der Waals surface area contributed by atoms with Crippen molar-refractivity contribution in [2.45, 2.75) is 136 Å². The smallest absolute Gasteiger partial charge is 0.101 e. The highest BCUT2D eigenvalue weighted by molar-refractivity contribution is 4.96. The van der Waals surface area contributed by atoms with Gasteiger partial charge < -0.3 is 9.80 Å². The van der Waals surface area contributed by atoms with E-state index < -0.39 is 0 Å². The van der Waals surface area contributed by atoms with Crippen molar-refractivity contribution in [2.75, 3.05) is 13.1 Å². The molecule has 0 amide bonds. The lowest BCUT2D eigenvalue weighted by Crippen LogP contribution is -2.38. The molecule has 0 fully saturated rings. The molecule has 1 aliphatic rings. The molecular formula is C25H50N2. The van der Waals surface area contributed by atoms with Crippen molar-refractivity contribution in [1.82, 2.24) is 9.80 Å². The molecule has 27 heavy (non-hydrogen) atoms. The van der Waals surface area contributed by atoms with Gasteiger partial charge in [0.15, 0.2) is 0 Å². The maximum Gasteiger partial charge on any atom is 0.101 e. The SMILES string of the molecule is CCCCCCCCCCCCCCN1C=CN(CC)C1CCCCCC. The van der Waals surface area contributed by atoms with E-state index >= 15 is 0 Å². The third-order valence-electron chi connectivity index (χ3n) is 6.17. The Bertz CT molecular complexity index is 339. The van der Waals surface area contributed by atoms with Gasteiger partial charge in [-0.15, -0.1) is 0 Å². The summed E-state index contributed by atoms with van der Waals surface area (Å²) in [6.07, 6.45) is 29.4. The maximum atomic E-state index is 2.62. The first-order valence-electron chi connectivity index (χ1n) is 12.5. The summed E-state index contributed by atoms with van der Waals surface area (Å²) in [5.41, 5.74) is 0. The molecule has 0 saturated carbocycles. The zero-order valence-electron chi connectivity index (χ0n) is 19.1. The second kappa shape index (κ2) is 17.4. The van der Waals surface area contributed by atoms with Crippen molar-refractivity contribution in [3.63, 3.8) is 0 Å². The molecule has 0 N–H and O–H groups in total. The van der Waals surface area contributed by atoms with Crippen molar-refractivity contribution in [1.29, 1.82) is 0 Å². The highest BCUT2D eigenvalue weighted by atomic mass is 15.4. The topological polar surface area (TPSA) is 6.48 Å². The van der Waals surface area contributed by atoms with Crippen LogP contribution in [0.4, 0.5) is 0 Å². The van der Waals surface area contributed by atoms with Gasteiger partial charge in [-0.2, -0.15) is 0 Å². The minimum Gasteiger partial charge on any atom is -0.356 e. The quantitative estimate of drug-likeness (QED) is 0.209. The summed E-state index contributed by atoms with van der Waals surface area (Å²) in [5, 5.41) is 0. The molecule has 0 spiro atoms. The number of nitrogens with zero attached hydrogens (tertiary/aromatic N) is 2. The van der Waals surface area contributed by atoms with Crippen LogP contribution < -0.4 is 0 Å². The molecular weight excluding hydrogens is 328 g/mol. The fourth-order valence-corrected chi connectivity index (χ4v) is 4.32. The third-order valence-corrected chi connectivity index (χ3v) is 6.17. The molecule has 2 nitrogen and oxygen atoms in total. The summed E-state index contributed by atoms with van der Waals surface area (Å²) < 4.78 is 0. The van der Waals surface area contributed by atoms with Crippen LogP contribution in [0.1, 0.15) is 130 Å². The van der Waals surface area contributed by atoms with Crippen LogP contribution in [0.2, 0.25) is 0 Å². The van der Waals surface area contributed by atoms with Crippen molar-refractivity contribution >= 4 is 0 Å². The fraction of sp³-hybridized carbons (Fsp3) is 0.920. The highest BCUT2D eigenvalue weighted by Crippen LogP contribution is 2.22. The Balaban J connectivity index is 2.00. The Labute approximate surface area is 171 Å². The molecule has 0 bridgehead atoms. The van der Waals surface area contributed by atoms with Crippen LogP contribution >= 0.6 is 0 Å². The molecule has 0 aromatic heterocycles. The molecule has 1 aliphatic heterocycles. The highest BCUT2D eigenvalue weighted by Gasteiger charge is 2.23. The fourth-order valence-electron chi connectivity index (χ4n) is 4.32. The average molecular weight is 379 g/mol. The minimum absolute atomic E-state index is 0.638. The Kier molecular flexibility index (Phi) is 15.7. The first kappa shape index (κ1) is 24.4. The second-order valence-electron chi connectivity index (χ2n) is 8.59. The molecule has 1 heterocycles. The number of rotatable bonds is 19. The van der Waals surface area contributed by atoms with E-state index in [1.54, 1.807) is 0 Å². The average Bonchev–Trinajstić information content (AvgIpc) is 3.08. The monoisotopic (exact) mass is 378 g/mol. The molecule has 1 atom stereocenters. The first-order chi connectivity index (χ1) is 13.3. The number of hydrogen-bond donors (Lipinski definition) is 0. The molecule has 1 unspecified atom stereocenters. The molecule has 160 valence electrons. The lowest BCUT2D eigenvalue weighted by Gasteiger charge is -2.32. The predicted molar refractivity (Wildman–Crippen MR) is 122 cm³/mol. The van der Waals surface area contributed by atoms with Crippen molar-refractivity contribution in [3.8, 4) is 0 Å². The summed E-state index contributed by atoms with van der Waals surface area (Å²) in [4.78, 5) is 5.15. The van der Waals surface area contributed by atoms with Crippen molar-refractivity contribution < 1.29 is 0 Å². The lowest BCUT2D eigenvalue weighted by atomic mass is 10.1. The normalized spacial score (nSPS) is 16.6. The maximum absolute atomic E-state index is 2.62. The minimum atomic E-state index is 0.638. The van der Waals surface area contributed by atoms with E-state index in [2.05, 4.69) is 43.0 Å². The van der Waals surface area contributed by atoms with Crippen LogP contribution in [-0.2, 0) is 0 Å². The molecule has 1 rings (SSSR count). The van der Waals surface area contributed by atoms with Gasteiger partial charge in [0.2, 0.25) is 0 Å². The Hall–Kier alpha value is -0.660. The van der Waals surface area contributed by atoms with E-state index in [4.69, 9.17) is 0 Å². The van der Waals surface area contributed by atoms with Gasteiger partial charge in [0.05, 0.1) is 0 Å². The summed E-state index contributed by atoms with van der Waals surface area (Å²) >= 11 is 0. The van der Waals surface area contributed by atoms with Gasteiger partial charge in [-0.25, -0.2) is 0 Å². The summed E-state index contributed by atoms with van der Waals surface area (Å²) in [6.45, 7) is 9.28. The predicted octanol–water partition coefficient (Wildman–Crippen LogP) is 8.09. The summed E-state index contributed by atoms with van der Waals surface area (Å²) in [6, 6.07) is 0.